The molecule has 0 aliphatic rings. The first-order valence-electron chi connectivity index (χ1n) is 12.7. The van der Waals surface area contributed by atoms with Crippen molar-refractivity contribution in [3.05, 3.63) is 93.5 Å². The Balaban J connectivity index is 2.10. The second kappa shape index (κ2) is 13.3. The van der Waals surface area contributed by atoms with E-state index < -0.39 is 28.5 Å². The van der Waals surface area contributed by atoms with Gasteiger partial charge in [-0.3, -0.25) is 13.9 Å². The van der Waals surface area contributed by atoms with E-state index in [0.717, 1.165) is 15.4 Å². The quantitative estimate of drug-likeness (QED) is 0.308. The van der Waals surface area contributed by atoms with Gasteiger partial charge < -0.3 is 10.2 Å². The Morgan fingerprint density at radius 3 is 2.18 bits per heavy atom. The van der Waals surface area contributed by atoms with Gasteiger partial charge in [0.15, 0.2) is 0 Å². The van der Waals surface area contributed by atoms with Gasteiger partial charge >= 0.3 is 0 Å². The summed E-state index contributed by atoms with van der Waals surface area (Å²) in [5.74, 6) is -0.882. The Kier molecular flexibility index (Phi) is 10.4. The first-order valence-corrected chi connectivity index (χ1v) is 14.8. The van der Waals surface area contributed by atoms with Crippen molar-refractivity contribution in [2.24, 2.45) is 0 Å². The lowest BCUT2D eigenvalue weighted by atomic mass is 10.1. The standard InChI is InChI=1S/C29H33Cl2N3O4S/c1-5-27(29(36)32-6-2)33(18-22-9-7-8-10-25(22)30)28(35)19-34(23-14-13-21(4)26(31)17-23)39(37,38)24-15-11-20(3)12-16-24/h7-17,27H,5-6,18-19H2,1-4H3,(H,32,36)/t27-/m0/s1. The van der Waals surface area contributed by atoms with E-state index >= 15 is 0 Å². The monoisotopic (exact) mass is 589 g/mol. The van der Waals surface area contributed by atoms with Crippen LogP contribution in [0.3, 0.4) is 0 Å². The summed E-state index contributed by atoms with van der Waals surface area (Å²) in [5.41, 5.74) is 2.54. The molecule has 0 fully saturated rings. The fraction of sp³-hybridized carbons (Fsp3) is 0.310. The third kappa shape index (κ3) is 7.32. The van der Waals surface area contributed by atoms with Gasteiger partial charge in [0.1, 0.15) is 12.6 Å². The molecule has 0 saturated carbocycles. The van der Waals surface area contributed by atoms with Crippen LogP contribution >= 0.6 is 23.2 Å². The summed E-state index contributed by atoms with van der Waals surface area (Å²) < 4.78 is 28.8. The molecule has 2 amide bonds. The highest BCUT2D eigenvalue weighted by molar-refractivity contribution is 7.92. The molecular formula is C29H33Cl2N3O4S. The molecule has 3 aromatic rings. The lowest BCUT2D eigenvalue weighted by molar-refractivity contribution is -0.140. The molecule has 208 valence electrons. The number of sulfonamides is 1. The van der Waals surface area contributed by atoms with Crippen molar-refractivity contribution >= 4 is 50.7 Å². The normalized spacial score (nSPS) is 12.1. The van der Waals surface area contributed by atoms with Gasteiger partial charge in [-0.05, 0) is 68.7 Å². The topological polar surface area (TPSA) is 86.8 Å². The number of nitrogens with one attached hydrogen (secondary N) is 1. The Labute approximate surface area is 240 Å². The van der Waals surface area contributed by atoms with Gasteiger partial charge in [0.05, 0.1) is 10.6 Å². The van der Waals surface area contributed by atoms with Crippen molar-refractivity contribution in [1.29, 1.82) is 0 Å². The smallest absolute Gasteiger partial charge is 0.264 e. The van der Waals surface area contributed by atoms with Crippen molar-refractivity contribution in [2.45, 2.75) is 51.6 Å². The molecule has 0 unspecified atom stereocenters. The molecule has 0 radical (unpaired) electrons. The van der Waals surface area contributed by atoms with Crippen molar-refractivity contribution < 1.29 is 18.0 Å². The van der Waals surface area contributed by atoms with Crippen molar-refractivity contribution in [2.75, 3.05) is 17.4 Å². The molecule has 3 rings (SSSR count). The molecule has 10 heteroatoms. The second-order valence-corrected chi connectivity index (χ2v) is 11.9. The number of hydrogen-bond acceptors (Lipinski definition) is 4. The van der Waals surface area contributed by atoms with Crippen LogP contribution in [0.1, 0.15) is 37.0 Å². The zero-order chi connectivity index (χ0) is 28.7. The number of carbonyl (C=O) groups is 2. The summed E-state index contributed by atoms with van der Waals surface area (Å²) >= 11 is 12.8. The molecule has 0 spiro atoms. The van der Waals surface area contributed by atoms with Crippen LogP contribution in [0.2, 0.25) is 10.0 Å². The molecule has 7 nitrogen and oxygen atoms in total. The number of halogens is 2. The van der Waals surface area contributed by atoms with Gasteiger partial charge in [0.25, 0.3) is 10.0 Å². The highest BCUT2D eigenvalue weighted by Crippen LogP contribution is 2.29. The molecule has 3 aromatic carbocycles. The first kappa shape index (κ1) is 30.5. The summed E-state index contributed by atoms with van der Waals surface area (Å²) in [6.45, 7) is 7.13. The maximum Gasteiger partial charge on any atom is 0.264 e. The minimum atomic E-state index is -4.17. The van der Waals surface area contributed by atoms with Crippen LogP contribution in [0, 0.1) is 13.8 Å². The number of aryl methyl sites for hydroxylation is 2. The third-order valence-corrected chi connectivity index (χ3v) is 8.93. The maximum atomic E-state index is 14.0. The van der Waals surface area contributed by atoms with Gasteiger partial charge in [-0.25, -0.2) is 8.42 Å². The molecule has 0 heterocycles. The fourth-order valence-corrected chi connectivity index (χ4v) is 5.90. The zero-order valence-electron chi connectivity index (χ0n) is 22.4. The van der Waals surface area contributed by atoms with E-state index in [1.807, 2.05) is 6.92 Å². The van der Waals surface area contributed by atoms with Crippen LogP contribution in [0.4, 0.5) is 5.69 Å². The van der Waals surface area contributed by atoms with Gasteiger partial charge in [0, 0.05) is 23.1 Å². The van der Waals surface area contributed by atoms with Crippen LogP contribution in [0.25, 0.3) is 0 Å². The van der Waals surface area contributed by atoms with Crippen LogP contribution in [0.5, 0.6) is 0 Å². The van der Waals surface area contributed by atoms with E-state index in [0.29, 0.717) is 28.6 Å². The second-order valence-electron chi connectivity index (χ2n) is 9.19. The van der Waals surface area contributed by atoms with Crippen molar-refractivity contribution in [3.63, 3.8) is 0 Å². The fourth-order valence-electron chi connectivity index (χ4n) is 4.12. The van der Waals surface area contributed by atoms with Crippen LogP contribution in [0.15, 0.2) is 71.6 Å². The molecule has 39 heavy (non-hydrogen) atoms. The SMILES string of the molecule is CCNC(=O)[C@H](CC)N(Cc1ccccc1Cl)C(=O)CN(c1ccc(C)c(Cl)c1)S(=O)(=O)c1ccc(C)cc1. The predicted octanol–water partition coefficient (Wildman–Crippen LogP) is 5.75. The number of amides is 2. The Morgan fingerprint density at radius 2 is 1.59 bits per heavy atom. The number of likely N-dealkylation sites (N-methyl/N-ethyl adjacent to an activating group) is 1. The van der Waals surface area contributed by atoms with Crippen molar-refractivity contribution in [1.82, 2.24) is 10.2 Å². The molecule has 0 saturated heterocycles. The molecular weight excluding hydrogens is 557 g/mol. The number of nitrogens with zero attached hydrogens (tertiary/aromatic N) is 2. The number of rotatable bonds is 11. The highest BCUT2D eigenvalue weighted by atomic mass is 35.5. The summed E-state index contributed by atoms with van der Waals surface area (Å²) in [7, 11) is -4.17. The zero-order valence-corrected chi connectivity index (χ0v) is 24.8. The maximum absolute atomic E-state index is 14.0. The van der Waals surface area contributed by atoms with Gasteiger partial charge in [-0.1, -0.05) is 72.1 Å². The van der Waals surface area contributed by atoms with Crippen LogP contribution in [-0.2, 0) is 26.2 Å². The van der Waals surface area contributed by atoms with Gasteiger partial charge in [-0.2, -0.15) is 0 Å². The molecule has 0 aliphatic carbocycles. The number of hydrogen-bond donors (Lipinski definition) is 1. The summed E-state index contributed by atoms with van der Waals surface area (Å²) in [4.78, 5) is 28.4. The molecule has 0 bridgehead atoms. The largest absolute Gasteiger partial charge is 0.355 e. The first-order chi connectivity index (χ1) is 18.5. The number of benzene rings is 3. The van der Waals surface area contributed by atoms with Crippen molar-refractivity contribution in [3.8, 4) is 0 Å². The molecule has 0 aliphatic heterocycles. The highest BCUT2D eigenvalue weighted by Gasteiger charge is 2.34. The number of carbonyl (C=O) groups excluding carboxylic acids is 2. The van der Waals surface area contributed by atoms with E-state index in [2.05, 4.69) is 5.32 Å². The van der Waals surface area contributed by atoms with Gasteiger partial charge in [0.2, 0.25) is 11.8 Å². The molecule has 1 atom stereocenters. The predicted molar refractivity (Wildman–Crippen MR) is 157 cm³/mol. The van der Waals surface area contributed by atoms with Crippen LogP contribution < -0.4 is 9.62 Å². The summed E-state index contributed by atoms with van der Waals surface area (Å²) in [5, 5.41) is 3.58. The summed E-state index contributed by atoms with van der Waals surface area (Å²) in [6, 6.07) is 17.4. The lowest BCUT2D eigenvalue weighted by Gasteiger charge is -2.33. The average molecular weight is 591 g/mol. The Hall–Kier alpha value is -3.07. The van der Waals surface area contributed by atoms with E-state index in [9.17, 15) is 18.0 Å². The minimum Gasteiger partial charge on any atom is -0.355 e. The van der Waals surface area contributed by atoms with E-state index in [1.165, 1.54) is 23.1 Å². The number of anilines is 1. The summed E-state index contributed by atoms with van der Waals surface area (Å²) in [6.07, 6.45) is 0.323. The average Bonchev–Trinajstić information content (AvgIpc) is 2.90. The van der Waals surface area contributed by atoms with E-state index in [1.54, 1.807) is 69.3 Å². The van der Waals surface area contributed by atoms with Gasteiger partial charge in [-0.15, -0.1) is 0 Å². The van der Waals surface area contributed by atoms with E-state index in [4.69, 9.17) is 23.2 Å². The molecule has 1 N–H and O–H groups in total. The lowest BCUT2D eigenvalue weighted by Crippen LogP contribution is -2.52. The minimum absolute atomic E-state index is 0.0290. The Bertz CT molecular complexity index is 1430. The Morgan fingerprint density at radius 1 is 0.923 bits per heavy atom. The molecule has 0 aromatic heterocycles. The third-order valence-electron chi connectivity index (χ3n) is 6.37. The van der Waals surface area contributed by atoms with Crippen LogP contribution in [-0.4, -0.2) is 44.3 Å². The van der Waals surface area contributed by atoms with E-state index in [-0.39, 0.29) is 23.0 Å².